The van der Waals surface area contributed by atoms with Gasteiger partial charge in [-0.15, -0.1) is 0 Å². The van der Waals surface area contributed by atoms with Gasteiger partial charge in [0.05, 0.1) is 0 Å². The number of nitrogens with zero attached hydrogens (tertiary/aromatic N) is 3. The fraction of sp³-hybridized carbons (Fsp3) is 0.0500. The zero-order chi connectivity index (χ0) is 18.1. The third kappa shape index (κ3) is 2.93. The summed E-state index contributed by atoms with van der Waals surface area (Å²) in [6.45, 7) is 1.89. The lowest BCUT2D eigenvalue weighted by Gasteiger charge is -2.03. The van der Waals surface area contributed by atoms with Crippen molar-refractivity contribution in [2.75, 3.05) is 5.73 Å². The highest BCUT2D eigenvalue weighted by Gasteiger charge is 2.19. The zero-order valence-corrected chi connectivity index (χ0v) is 14.0. The Morgan fingerprint density at radius 2 is 1.69 bits per heavy atom. The van der Waals surface area contributed by atoms with Crippen LogP contribution >= 0.6 is 0 Å². The molecule has 3 aromatic heterocycles. The second kappa shape index (κ2) is 6.40. The highest BCUT2D eigenvalue weighted by Crippen LogP contribution is 2.36. The third-order valence-electron chi connectivity index (χ3n) is 4.05. The van der Waals surface area contributed by atoms with Crippen molar-refractivity contribution in [3.8, 4) is 34.0 Å². The van der Waals surface area contributed by atoms with Crippen molar-refractivity contribution in [1.82, 2.24) is 15.0 Å². The molecule has 26 heavy (non-hydrogen) atoms. The van der Waals surface area contributed by atoms with E-state index in [1.54, 1.807) is 30.7 Å². The molecule has 0 fully saturated rings. The minimum Gasteiger partial charge on any atom is -0.435 e. The number of halogens is 1. The first kappa shape index (κ1) is 16.0. The lowest BCUT2D eigenvalue weighted by molar-refractivity contribution is 0.588. The van der Waals surface area contributed by atoms with E-state index in [9.17, 15) is 4.39 Å². The van der Waals surface area contributed by atoms with Crippen molar-refractivity contribution in [2.45, 2.75) is 6.92 Å². The highest BCUT2D eigenvalue weighted by molar-refractivity contribution is 5.79. The van der Waals surface area contributed by atoms with Gasteiger partial charge in [0.1, 0.15) is 17.3 Å². The number of anilines is 1. The Bertz CT molecular complexity index is 1060. The Labute approximate surface area is 149 Å². The molecule has 6 heteroatoms. The molecule has 0 unspecified atom stereocenters. The molecule has 1 aromatic carbocycles. The number of oxazole rings is 1. The maximum absolute atomic E-state index is 13.2. The SMILES string of the molecule is Cc1cc(-c2nc(-c3ccc(F)cc3)oc2-c2ccncc2)cnc1N. The summed E-state index contributed by atoms with van der Waals surface area (Å²) >= 11 is 0. The number of rotatable bonds is 3. The van der Waals surface area contributed by atoms with Crippen molar-refractivity contribution in [3.63, 3.8) is 0 Å². The van der Waals surface area contributed by atoms with Gasteiger partial charge in [-0.25, -0.2) is 14.4 Å². The van der Waals surface area contributed by atoms with Crippen LogP contribution in [0.3, 0.4) is 0 Å². The number of aromatic nitrogens is 3. The Morgan fingerprint density at radius 3 is 2.38 bits per heavy atom. The molecule has 0 spiro atoms. The second-order valence-corrected chi connectivity index (χ2v) is 5.87. The summed E-state index contributed by atoms with van der Waals surface area (Å²) in [6.07, 6.45) is 5.04. The summed E-state index contributed by atoms with van der Waals surface area (Å²) in [5.41, 5.74) is 9.65. The molecule has 4 aromatic rings. The number of benzene rings is 1. The van der Waals surface area contributed by atoms with Crippen molar-refractivity contribution in [1.29, 1.82) is 0 Å². The first-order chi connectivity index (χ1) is 12.6. The van der Waals surface area contributed by atoms with E-state index in [0.717, 1.165) is 16.7 Å². The van der Waals surface area contributed by atoms with E-state index < -0.39 is 0 Å². The van der Waals surface area contributed by atoms with E-state index in [1.165, 1.54) is 12.1 Å². The quantitative estimate of drug-likeness (QED) is 0.591. The molecule has 0 aliphatic carbocycles. The lowest BCUT2D eigenvalue weighted by Crippen LogP contribution is -1.94. The predicted molar refractivity (Wildman–Crippen MR) is 97.5 cm³/mol. The molecule has 5 nitrogen and oxygen atoms in total. The predicted octanol–water partition coefficient (Wildman–Crippen LogP) is 4.50. The lowest BCUT2D eigenvalue weighted by atomic mass is 10.1. The molecule has 0 aliphatic rings. The maximum Gasteiger partial charge on any atom is 0.227 e. The zero-order valence-electron chi connectivity index (χ0n) is 14.0. The summed E-state index contributed by atoms with van der Waals surface area (Å²) in [4.78, 5) is 12.9. The van der Waals surface area contributed by atoms with E-state index in [1.807, 2.05) is 25.1 Å². The summed E-state index contributed by atoms with van der Waals surface area (Å²) < 4.78 is 19.3. The standard InChI is InChI=1S/C20H15FN4O/c1-12-10-15(11-24-19(12)22)17-18(13-6-8-23-9-7-13)26-20(25-17)14-2-4-16(21)5-3-14/h2-11H,1H3,(H2,22,24). The Hall–Kier alpha value is -3.54. The maximum atomic E-state index is 13.2. The Kier molecular flexibility index (Phi) is 3.93. The number of nitrogen functional groups attached to an aromatic ring is 1. The van der Waals surface area contributed by atoms with Gasteiger partial charge in [-0.1, -0.05) is 0 Å². The molecule has 0 atom stereocenters. The van der Waals surface area contributed by atoms with Crippen molar-refractivity contribution in [2.24, 2.45) is 0 Å². The second-order valence-electron chi connectivity index (χ2n) is 5.87. The molecule has 0 amide bonds. The van der Waals surface area contributed by atoms with Gasteiger partial charge in [0.2, 0.25) is 5.89 Å². The topological polar surface area (TPSA) is 77.8 Å². The van der Waals surface area contributed by atoms with E-state index in [2.05, 4.69) is 15.0 Å². The van der Waals surface area contributed by atoms with Crippen LogP contribution in [0.4, 0.5) is 10.2 Å². The number of hydrogen-bond donors (Lipinski definition) is 1. The third-order valence-corrected chi connectivity index (χ3v) is 4.05. The van der Waals surface area contributed by atoms with Crippen LogP contribution in [0.25, 0.3) is 34.0 Å². The average molecular weight is 346 g/mol. The molecule has 0 radical (unpaired) electrons. The average Bonchev–Trinajstić information content (AvgIpc) is 3.11. The van der Waals surface area contributed by atoms with E-state index >= 15 is 0 Å². The summed E-state index contributed by atoms with van der Waals surface area (Å²) in [6, 6.07) is 11.6. The van der Waals surface area contributed by atoms with Gasteiger partial charge in [-0.3, -0.25) is 4.98 Å². The van der Waals surface area contributed by atoms with Crippen molar-refractivity contribution >= 4 is 5.82 Å². The smallest absolute Gasteiger partial charge is 0.227 e. The monoisotopic (exact) mass is 346 g/mol. The number of hydrogen-bond acceptors (Lipinski definition) is 5. The van der Waals surface area contributed by atoms with Crippen molar-refractivity contribution in [3.05, 3.63) is 72.4 Å². The van der Waals surface area contributed by atoms with Crippen LogP contribution in [0.1, 0.15) is 5.56 Å². The van der Waals surface area contributed by atoms with E-state index in [4.69, 9.17) is 10.2 Å². The van der Waals surface area contributed by atoms with Crippen molar-refractivity contribution < 1.29 is 8.81 Å². The molecular weight excluding hydrogens is 331 g/mol. The van der Waals surface area contributed by atoms with Crippen LogP contribution in [0.5, 0.6) is 0 Å². The fourth-order valence-corrected chi connectivity index (χ4v) is 2.65. The van der Waals surface area contributed by atoms with Crippen LogP contribution in [0.2, 0.25) is 0 Å². The largest absolute Gasteiger partial charge is 0.435 e. The summed E-state index contributed by atoms with van der Waals surface area (Å²) in [5.74, 6) is 1.16. The van der Waals surface area contributed by atoms with Crippen LogP contribution in [-0.4, -0.2) is 15.0 Å². The van der Waals surface area contributed by atoms with Gasteiger partial charge >= 0.3 is 0 Å². The molecular formula is C20H15FN4O. The number of pyridine rings is 2. The Balaban J connectivity index is 1.90. The molecule has 2 N–H and O–H groups in total. The minimum atomic E-state index is -0.312. The highest BCUT2D eigenvalue weighted by atomic mass is 19.1. The molecule has 0 saturated heterocycles. The van der Waals surface area contributed by atoms with Gasteiger partial charge in [-0.05, 0) is 55.0 Å². The van der Waals surface area contributed by atoms with Gasteiger partial charge in [0.15, 0.2) is 5.76 Å². The molecule has 4 rings (SSSR count). The van der Waals surface area contributed by atoms with E-state index in [-0.39, 0.29) is 5.82 Å². The summed E-state index contributed by atoms with van der Waals surface area (Å²) in [7, 11) is 0. The van der Waals surface area contributed by atoms with Crippen LogP contribution in [-0.2, 0) is 0 Å². The summed E-state index contributed by atoms with van der Waals surface area (Å²) in [5, 5.41) is 0. The molecule has 0 bridgehead atoms. The number of aryl methyl sites for hydroxylation is 1. The minimum absolute atomic E-state index is 0.312. The first-order valence-corrected chi connectivity index (χ1v) is 8.01. The number of nitrogens with two attached hydrogens (primary N) is 1. The van der Waals surface area contributed by atoms with Gasteiger partial charge in [-0.2, -0.15) is 0 Å². The van der Waals surface area contributed by atoms with Gasteiger partial charge in [0, 0.05) is 35.3 Å². The molecule has 128 valence electrons. The van der Waals surface area contributed by atoms with Crippen LogP contribution < -0.4 is 5.73 Å². The Morgan fingerprint density at radius 1 is 0.962 bits per heavy atom. The molecule has 3 heterocycles. The fourth-order valence-electron chi connectivity index (χ4n) is 2.65. The van der Waals surface area contributed by atoms with E-state index in [0.29, 0.717) is 28.7 Å². The van der Waals surface area contributed by atoms with Gasteiger partial charge < -0.3 is 10.2 Å². The molecule has 0 aliphatic heterocycles. The normalized spacial score (nSPS) is 10.8. The first-order valence-electron chi connectivity index (χ1n) is 8.01. The van der Waals surface area contributed by atoms with Crippen LogP contribution in [0.15, 0.2) is 65.5 Å². The van der Waals surface area contributed by atoms with Crippen LogP contribution in [0, 0.1) is 12.7 Å². The van der Waals surface area contributed by atoms with Gasteiger partial charge in [0.25, 0.3) is 0 Å². The molecule has 0 saturated carbocycles.